The van der Waals surface area contributed by atoms with E-state index in [9.17, 15) is 0 Å². The normalized spacial score (nSPS) is 22.6. The average molecular weight is 278 g/mol. The van der Waals surface area contributed by atoms with Gasteiger partial charge in [0.1, 0.15) is 12.1 Å². The van der Waals surface area contributed by atoms with Crippen molar-refractivity contribution in [2.45, 2.75) is 58.5 Å². The molecule has 0 radical (unpaired) electrons. The van der Waals surface area contributed by atoms with Gasteiger partial charge < -0.3 is 15.4 Å². The van der Waals surface area contributed by atoms with Crippen molar-refractivity contribution in [1.29, 1.82) is 0 Å². The maximum absolute atomic E-state index is 6.01. The number of aromatic nitrogens is 2. The summed E-state index contributed by atoms with van der Waals surface area (Å²) in [5, 5.41) is 0. The molecule has 0 spiro atoms. The molecule has 0 atom stereocenters. The maximum atomic E-state index is 6.01. The van der Waals surface area contributed by atoms with E-state index in [1.807, 2.05) is 13.8 Å². The van der Waals surface area contributed by atoms with Crippen LogP contribution < -0.4 is 15.4 Å². The maximum Gasteiger partial charge on any atom is 0.221 e. The first-order valence-corrected chi connectivity index (χ1v) is 7.63. The molecule has 1 aromatic rings. The minimum absolute atomic E-state index is 0.371. The molecule has 0 saturated heterocycles. The van der Waals surface area contributed by atoms with Gasteiger partial charge in [-0.25, -0.2) is 9.97 Å². The fourth-order valence-corrected chi connectivity index (χ4v) is 2.99. The van der Waals surface area contributed by atoms with Gasteiger partial charge in [-0.05, 0) is 46.5 Å². The Morgan fingerprint density at radius 1 is 1.25 bits per heavy atom. The zero-order chi connectivity index (χ0) is 14.5. The van der Waals surface area contributed by atoms with E-state index < -0.39 is 0 Å². The van der Waals surface area contributed by atoms with E-state index in [2.05, 4.69) is 21.8 Å². The van der Waals surface area contributed by atoms with Crippen LogP contribution >= 0.6 is 0 Å². The quantitative estimate of drug-likeness (QED) is 0.895. The van der Waals surface area contributed by atoms with Crippen molar-refractivity contribution in [1.82, 2.24) is 9.97 Å². The highest BCUT2D eigenvalue weighted by Gasteiger charge is 2.26. The van der Waals surface area contributed by atoms with Crippen molar-refractivity contribution in [2.75, 3.05) is 18.1 Å². The highest BCUT2D eigenvalue weighted by molar-refractivity contribution is 5.51. The van der Waals surface area contributed by atoms with Gasteiger partial charge in [0.2, 0.25) is 5.88 Å². The van der Waals surface area contributed by atoms with E-state index in [-0.39, 0.29) is 0 Å². The van der Waals surface area contributed by atoms with Crippen molar-refractivity contribution in [2.24, 2.45) is 5.73 Å². The molecule has 1 aliphatic rings. The second-order valence-corrected chi connectivity index (χ2v) is 5.42. The van der Waals surface area contributed by atoms with Gasteiger partial charge >= 0.3 is 0 Å². The topological polar surface area (TPSA) is 64.3 Å². The number of hydrogen-bond donors (Lipinski definition) is 1. The zero-order valence-corrected chi connectivity index (χ0v) is 12.8. The highest BCUT2D eigenvalue weighted by Crippen LogP contribution is 2.30. The largest absolute Gasteiger partial charge is 0.478 e. The zero-order valence-electron chi connectivity index (χ0n) is 12.8. The number of nitrogens with two attached hydrogens (primary N) is 1. The molecule has 0 amide bonds. The van der Waals surface area contributed by atoms with Crippen LogP contribution in [0.5, 0.6) is 5.88 Å². The van der Waals surface area contributed by atoms with Crippen LogP contribution in [0.25, 0.3) is 0 Å². The van der Waals surface area contributed by atoms with Crippen LogP contribution in [-0.2, 0) is 0 Å². The Morgan fingerprint density at radius 3 is 2.55 bits per heavy atom. The predicted molar refractivity (Wildman–Crippen MR) is 81.2 cm³/mol. The Hall–Kier alpha value is -1.36. The molecule has 0 aromatic carbocycles. The summed E-state index contributed by atoms with van der Waals surface area (Å²) < 4.78 is 5.58. The van der Waals surface area contributed by atoms with Crippen LogP contribution in [0.2, 0.25) is 0 Å². The molecule has 0 aliphatic heterocycles. The van der Waals surface area contributed by atoms with Gasteiger partial charge in [0.25, 0.3) is 0 Å². The number of ether oxygens (including phenoxy) is 1. The van der Waals surface area contributed by atoms with Crippen LogP contribution in [0.3, 0.4) is 0 Å². The summed E-state index contributed by atoms with van der Waals surface area (Å²) in [7, 11) is 0. The third-order valence-electron chi connectivity index (χ3n) is 4.09. The van der Waals surface area contributed by atoms with E-state index in [1.54, 1.807) is 6.33 Å². The molecule has 5 heteroatoms. The summed E-state index contributed by atoms with van der Waals surface area (Å²) in [5.74, 6) is 1.70. The Labute approximate surface area is 121 Å². The van der Waals surface area contributed by atoms with Gasteiger partial charge in [0, 0.05) is 18.6 Å². The summed E-state index contributed by atoms with van der Waals surface area (Å²) in [5.41, 5.74) is 7.04. The van der Waals surface area contributed by atoms with Crippen molar-refractivity contribution >= 4 is 5.82 Å². The predicted octanol–water partition coefficient (Wildman–Crippen LogP) is 2.28. The van der Waals surface area contributed by atoms with Gasteiger partial charge in [-0.1, -0.05) is 0 Å². The molecule has 1 saturated carbocycles. The molecule has 2 N–H and O–H groups in total. The number of anilines is 1. The first-order valence-electron chi connectivity index (χ1n) is 7.63. The Kier molecular flexibility index (Phi) is 5.17. The molecular weight excluding hydrogens is 252 g/mol. The second-order valence-electron chi connectivity index (χ2n) is 5.42. The summed E-state index contributed by atoms with van der Waals surface area (Å²) in [6.07, 6.45) is 6.09. The molecule has 1 aromatic heterocycles. The number of nitrogens with zero attached hydrogens (tertiary/aromatic N) is 3. The highest BCUT2D eigenvalue weighted by atomic mass is 16.5. The molecule has 0 unspecified atom stereocenters. The third kappa shape index (κ3) is 3.20. The lowest BCUT2D eigenvalue weighted by atomic mass is 9.90. The van der Waals surface area contributed by atoms with Gasteiger partial charge in [-0.2, -0.15) is 0 Å². The van der Waals surface area contributed by atoms with Crippen LogP contribution in [0.1, 0.15) is 45.1 Å². The molecule has 5 nitrogen and oxygen atoms in total. The molecule has 1 fully saturated rings. The minimum Gasteiger partial charge on any atom is -0.478 e. The second kappa shape index (κ2) is 6.88. The Morgan fingerprint density at radius 2 is 1.95 bits per heavy atom. The Balaban J connectivity index is 2.21. The van der Waals surface area contributed by atoms with Gasteiger partial charge in [-0.3, -0.25) is 0 Å². The van der Waals surface area contributed by atoms with Crippen LogP contribution in [-0.4, -0.2) is 35.2 Å². The molecule has 112 valence electrons. The van der Waals surface area contributed by atoms with Crippen LogP contribution in [0.4, 0.5) is 5.82 Å². The molecule has 1 aliphatic carbocycles. The lowest BCUT2D eigenvalue weighted by Gasteiger charge is -2.37. The lowest BCUT2D eigenvalue weighted by Crippen LogP contribution is -2.41. The van der Waals surface area contributed by atoms with E-state index in [0.717, 1.165) is 43.6 Å². The van der Waals surface area contributed by atoms with Crippen molar-refractivity contribution in [3.05, 3.63) is 11.9 Å². The lowest BCUT2D eigenvalue weighted by molar-refractivity contribution is 0.322. The average Bonchev–Trinajstić information content (AvgIpc) is 2.46. The summed E-state index contributed by atoms with van der Waals surface area (Å²) in [4.78, 5) is 11.1. The summed E-state index contributed by atoms with van der Waals surface area (Å²) >= 11 is 0. The monoisotopic (exact) mass is 278 g/mol. The van der Waals surface area contributed by atoms with E-state index in [0.29, 0.717) is 24.6 Å². The van der Waals surface area contributed by atoms with Crippen molar-refractivity contribution < 1.29 is 4.74 Å². The van der Waals surface area contributed by atoms with E-state index in [1.165, 1.54) is 0 Å². The minimum atomic E-state index is 0.371. The molecule has 1 heterocycles. The third-order valence-corrected chi connectivity index (χ3v) is 4.09. The first kappa shape index (κ1) is 15.0. The first-order chi connectivity index (χ1) is 9.67. The SMILES string of the molecule is CCOc1ncnc(N(CC)C2CCC(N)CC2)c1C. The molecule has 0 bridgehead atoms. The Bertz CT molecular complexity index is 430. The molecular formula is C15H26N4O. The van der Waals surface area contributed by atoms with E-state index >= 15 is 0 Å². The van der Waals surface area contributed by atoms with Gasteiger partial charge in [-0.15, -0.1) is 0 Å². The van der Waals surface area contributed by atoms with Crippen LogP contribution in [0.15, 0.2) is 6.33 Å². The van der Waals surface area contributed by atoms with Crippen LogP contribution in [0, 0.1) is 6.92 Å². The van der Waals surface area contributed by atoms with Crippen molar-refractivity contribution in [3.8, 4) is 5.88 Å². The molecule has 2 rings (SSSR count). The summed E-state index contributed by atoms with van der Waals surface area (Å²) in [6, 6.07) is 0.901. The smallest absolute Gasteiger partial charge is 0.221 e. The molecule has 20 heavy (non-hydrogen) atoms. The van der Waals surface area contributed by atoms with Gasteiger partial charge in [0.15, 0.2) is 0 Å². The standard InChI is InChI=1S/C15H26N4O/c1-4-19(13-8-6-12(16)7-9-13)14-11(3)15(20-5-2)18-10-17-14/h10,12-13H,4-9,16H2,1-3H3. The number of rotatable bonds is 5. The van der Waals surface area contributed by atoms with Gasteiger partial charge in [0.05, 0.1) is 12.2 Å². The fraction of sp³-hybridized carbons (Fsp3) is 0.733. The fourth-order valence-electron chi connectivity index (χ4n) is 2.99. The summed E-state index contributed by atoms with van der Waals surface area (Å²) in [6.45, 7) is 7.76. The van der Waals surface area contributed by atoms with E-state index in [4.69, 9.17) is 10.5 Å². The number of hydrogen-bond acceptors (Lipinski definition) is 5. The van der Waals surface area contributed by atoms with Crippen molar-refractivity contribution in [3.63, 3.8) is 0 Å².